The van der Waals surface area contributed by atoms with Crippen LogP contribution in [0.4, 0.5) is 4.79 Å². The molecule has 1 aromatic rings. The Bertz CT molecular complexity index is 578. The van der Waals surface area contributed by atoms with E-state index in [2.05, 4.69) is 50.5 Å². The second-order valence-corrected chi connectivity index (χ2v) is 7.19. The summed E-state index contributed by atoms with van der Waals surface area (Å²) in [5.41, 5.74) is 2.19. The second kappa shape index (κ2) is 7.02. The summed E-state index contributed by atoms with van der Waals surface area (Å²) in [4.78, 5) is 25.8. The first kappa shape index (κ1) is 17.3. The molecule has 2 rings (SSSR count). The molecule has 1 atom stereocenters. The molecule has 0 aliphatic carbocycles. The van der Waals surface area contributed by atoms with E-state index < -0.39 is 0 Å². The molecule has 126 valence electrons. The normalized spacial score (nSPS) is 17.2. The molecule has 1 unspecified atom stereocenters. The Labute approximate surface area is 138 Å². The molecule has 1 heterocycles. The maximum atomic E-state index is 12.7. The van der Waals surface area contributed by atoms with E-state index in [1.807, 2.05) is 12.1 Å². The van der Waals surface area contributed by atoms with Crippen LogP contribution in [0.5, 0.6) is 0 Å². The number of nitrogens with one attached hydrogen (secondary N) is 2. The van der Waals surface area contributed by atoms with Gasteiger partial charge in [0, 0.05) is 26.1 Å². The fraction of sp³-hybridized carbons (Fsp3) is 0.556. The number of nitrogens with zero attached hydrogens (tertiary/aromatic N) is 1. The van der Waals surface area contributed by atoms with Crippen molar-refractivity contribution >= 4 is 11.9 Å². The molecule has 0 bridgehead atoms. The lowest BCUT2D eigenvalue weighted by atomic mass is 9.81. The summed E-state index contributed by atoms with van der Waals surface area (Å²) in [5, 5.41) is 5.97. The minimum absolute atomic E-state index is 0.00609. The molecule has 0 aromatic heterocycles. The Morgan fingerprint density at radius 2 is 1.96 bits per heavy atom. The maximum absolute atomic E-state index is 12.7. The standard InChI is InChI=1S/C18H27N3O2/c1-13-7-5-6-8-14(13)16(18(2,3)4)20-17(23)21-11-9-15(22)19-10-12-21/h5-8,16H,9-12H2,1-4H3,(H,19,22)(H,20,23). The molecule has 1 aliphatic heterocycles. The summed E-state index contributed by atoms with van der Waals surface area (Å²) in [6, 6.07) is 7.95. The molecular weight excluding hydrogens is 290 g/mol. The van der Waals surface area contributed by atoms with Crippen LogP contribution in [0.25, 0.3) is 0 Å². The summed E-state index contributed by atoms with van der Waals surface area (Å²) in [6.45, 7) is 9.95. The quantitative estimate of drug-likeness (QED) is 0.881. The highest BCUT2D eigenvalue weighted by Gasteiger charge is 2.30. The molecule has 1 saturated heterocycles. The van der Waals surface area contributed by atoms with E-state index in [4.69, 9.17) is 0 Å². The number of amides is 3. The highest BCUT2D eigenvalue weighted by atomic mass is 16.2. The molecule has 5 heteroatoms. The first-order valence-corrected chi connectivity index (χ1v) is 8.16. The lowest BCUT2D eigenvalue weighted by Crippen LogP contribution is -2.46. The Morgan fingerprint density at radius 3 is 2.61 bits per heavy atom. The van der Waals surface area contributed by atoms with Crippen LogP contribution in [0.1, 0.15) is 44.4 Å². The largest absolute Gasteiger partial charge is 0.354 e. The topological polar surface area (TPSA) is 61.4 Å². The number of carbonyl (C=O) groups is 2. The molecule has 0 radical (unpaired) electrons. The van der Waals surface area contributed by atoms with E-state index in [1.165, 1.54) is 5.56 Å². The average Bonchev–Trinajstić information content (AvgIpc) is 2.69. The summed E-state index contributed by atoms with van der Waals surface area (Å²) in [7, 11) is 0. The third kappa shape index (κ3) is 4.47. The Balaban J connectivity index is 2.17. The number of benzene rings is 1. The van der Waals surface area contributed by atoms with Crippen LogP contribution in [0.2, 0.25) is 0 Å². The summed E-state index contributed by atoms with van der Waals surface area (Å²) in [5.74, 6) is 0.00609. The van der Waals surface area contributed by atoms with Gasteiger partial charge in [-0.2, -0.15) is 0 Å². The monoisotopic (exact) mass is 317 g/mol. The molecule has 1 aliphatic rings. The number of urea groups is 1. The lowest BCUT2D eigenvalue weighted by Gasteiger charge is -2.34. The molecule has 2 N–H and O–H groups in total. The van der Waals surface area contributed by atoms with Crippen molar-refractivity contribution in [2.45, 2.75) is 40.2 Å². The highest BCUT2D eigenvalue weighted by Crippen LogP contribution is 2.34. The number of rotatable bonds is 2. The minimum atomic E-state index is -0.109. The van der Waals surface area contributed by atoms with Gasteiger partial charge in [0.05, 0.1) is 6.04 Å². The zero-order valence-corrected chi connectivity index (χ0v) is 14.5. The number of hydrogen-bond donors (Lipinski definition) is 2. The van der Waals surface area contributed by atoms with E-state index in [1.54, 1.807) is 4.90 Å². The van der Waals surface area contributed by atoms with Gasteiger partial charge in [-0.15, -0.1) is 0 Å². The van der Waals surface area contributed by atoms with Crippen molar-refractivity contribution in [1.29, 1.82) is 0 Å². The predicted molar refractivity (Wildman–Crippen MR) is 91.1 cm³/mol. The van der Waals surface area contributed by atoms with Crippen molar-refractivity contribution in [3.05, 3.63) is 35.4 Å². The molecule has 1 aromatic carbocycles. The Morgan fingerprint density at radius 1 is 1.26 bits per heavy atom. The number of hydrogen-bond acceptors (Lipinski definition) is 2. The number of carbonyl (C=O) groups excluding carboxylic acids is 2. The summed E-state index contributed by atoms with van der Waals surface area (Å²) >= 11 is 0. The van der Waals surface area contributed by atoms with Gasteiger partial charge in [0.1, 0.15) is 0 Å². The van der Waals surface area contributed by atoms with Crippen LogP contribution < -0.4 is 10.6 Å². The molecule has 1 fully saturated rings. The van der Waals surface area contributed by atoms with Gasteiger partial charge in [-0.25, -0.2) is 4.79 Å². The van der Waals surface area contributed by atoms with Crippen LogP contribution in [-0.4, -0.2) is 36.5 Å². The van der Waals surface area contributed by atoms with Crippen LogP contribution >= 0.6 is 0 Å². The molecule has 23 heavy (non-hydrogen) atoms. The Kier molecular flexibility index (Phi) is 5.29. The van der Waals surface area contributed by atoms with Crippen LogP contribution in [-0.2, 0) is 4.79 Å². The van der Waals surface area contributed by atoms with Gasteiger partial charge in [-0.3, -0.25) is 4.79 Å². The average molecular weight is 317 g/mol. The van der Waals surface area contributed by atoms with Crippen molar-refractivity contribution in [1.82, 2.24) is 15.5 Å². The molecule has 3 amide bonds. The molecular formula is C18H27N3O2. The van der Waals surface area contributed by atoms with Crippen molar-refractivity contribution in [3.8, 4) is 0 Å². The maximum Gasteiger partial charge on any atom is 0.317 e. The van der Waals surface area contributed by atoms with E-state index in [0.717, 1.165) is 5.56 Å². The van der Waals surface area contributed by atoms with E-state index in [0.29, 0.717) is 26.1 Å². The highest BCUT2D eigenvalue weighted by molar-refractivity contribution is 5.79. The van der Waals surface area contributed by atoms with Gasteiger partial charge in [-0.1, -0.05) is 45.0 Å². The van der Waals surface area contributed by atoms with Gasteiger partial charge < -0.3 is 15.5 Å². The molecule has 0 spiro atoms. The van der Waals surface area contributed by atoms with Crippen molar-refractivity contribution in [3.63, 3.8) is 0 Å². The zero-order chi connectivity index (χ0) is 17.0. The minimum Gasteiger partial charge on any atom is -0.354 e. The first-order chi connectivity index (χ1) is 10.8. The second-order valence-electron chi connectivity index (χ2n) is 7.19. The number of aryl methyl sites for hydroxylation is 1. The SMILES string of the molecule is Cc1ccccc1C(NC(=O)N1CCNC(=O)CC1)C(C)(C)C. The van der Waals surface area contributed by atoms with Crippen molar-refractivity contribution in [2.75, 3.05) is 19.6 Å². The van der Waals surface area contributed by atoms with E-state index in [-0.39, 0.29) is 23.4 Å². The van der Waals surface area contributed by atoms with Gasteiger partial charge >= 0.3 is 6.03 Å². The summed E-state index contributed by atoms with van der Waals surface area (Å²) in [6.07, 6.45) is 0.359. The van der Waals surface area contributed by atoms with Crippen LogP contribution in [0.3, 0.4) is 0 Å². The smallest absolute Gasteiger partial charge is 0.317 e. The van der Waals surface area contributed by atoms with Gasteiger partial charge in [0.25, 0.3) is 0 Å². The van der Waals surface area contributed by atoms with Crippen LogP contribution in [0.15, 0.2) is 24.3 Å². The lowest BCUT2D eigenvalue weighted by molar-refractivity contribution is -0.120. The first-order valence-electron chi connectivity index (χ1n) is 8.16. The predicted octanol–water partition coefficient (Wildman–Crippen LogP) is 2.61. The van der Waals surface area contributed by atoms with Gasteiger partial charge in [0.15, 0.2) is 0 Å². The fourth-order valence-electron chi connectivity index (χ4n) is 2.86. The van der Waals surface area contributed by atoms with Crippen LogP contribution in [0, 0.1) is 12.3 Å². The van der Waals surface area contributed by atoms with Gasteiger partial charge in [-0.05, 0) is 23.5 Å². The van der Waals surface area contributed by atoms with Crippen molar-refractivity contribution in [2.24, 2.45) is 5.41 Å². The van der Waals surface area contributed by atoms with Gasteiger partial charge in [0.2, 0.25) is 5.91 Å². The molecule has 0 saturated carbocycles. The third-order valence-electron chi connectivity index (χ3n) is 4.23. The Hall–Kier alpha value is -2.04. The molecule has 5 nitrogen and oxygen atoms in total. The third-order valence-corrected chi connectivity index (χ3v) is 4.23. The van der Waals surface area contributed by atoms with E-state index >= 15 is 0 Å². The van der Waals surface area contributed by atoms with Crippen molar-refractivity contribution < 1.29 is 9.59 Å². The van der Waals surface area contributed by atoms with E-state index in [9.17, 15) is 9.59 Å². The summed E-state index contributed by atoms with van der Waals surface area (Å²) < 4.78 is 0. The zero-order valence-electron chi connectivity index (χ0n) is 14.5. The fourth-order valence-corrected chi connectivity index (χ4v) is 2.86.